The maximum atomic E-state index is 5.99. The quantitative estimate of drug-likeness (QED) is 0.554. The summed E-state index contributed by atoms with van der Waals surface area (Å²) < 4.78 is 8.30. The van der Waals surface area contributed by atoms with Gasteiger partial charge in [-0.1, -0.05) is 23.7 Å². The Balaban J connectivity index is 1.98. The molecule has 4 nitrogen and oxygen atoms in total. The van der Waals surface area contributed by atoms with Gasteiger partial charge < -0.3 is 4.74 Å². The van der Waals surface area contributed by atoms with Crippen LogP contribution < -0.4 is 4.74 Å². The van der Waals surface area contributed by atoms with Crippen molar-refractivity contribution in [3.63, 3.8) is 0 Å². The molecule has 0 aliphatic rings. The lowest BCUT2D eigenvalue weighted by atomic mass is 10.2. The number of rotatable bonds is 2. The summed E-state index contributed by atoms with van der Waals surface area (Å²) in [6, 6.07) is 11.7. The lowest BCUT2D eigenvalue weighted by molar-refractivity contribution is 0.420. The second kappa shape index (κ2) is 4.72. The van der Waals surface area contributed by atoms with E-state index in [1.807, 2.05) is 24.4 Å². The first-order valence-electron chi connectivity index (χ1n) is 6.33. The smallest absolute Gasteiger partial charge is 0.154 e. The van der Waals surface area contributed by atoms with Crippen LogP contribution in [0, 0.1) is 0 Å². The second-order valence-electron chi connectivity index (χ2n) is 4.56. The standard InChI is InChI=1S/C15H10ClN3OS/c1-20-11-4-2-3-9-7-12(21-15(9)11)10-8-17-14-6-5-13(16)18-19(10)14/h2-8H,1H3. The molecular formula is C15H10ClN3OS. The number of ether oxygens (including phenoxy) is 1. The van der Waals surface area contributed by atoms with Gasteiger partial charge in [0.15, 0.2) is 5.65 Å². The van der Waals surface area contributed by atoms with Crippen LogP contribution in [0.4, 0.5) is 0 Å². The minimum absolute atomic E-state index is 0.445. The molecule has 4 aromatic rings. The number of fused-ring (bicyclic) bond motifs is 2. The molecule has 0 saturated carbocycles. The number of benzene rings is 1. The number of aromatic nitrogens is 3. The summed E-state index contributed by atoms with van der Waals surface area (Å²) >= 11 is 7.64. The zero-order chi connectivity index (χ0) is 14.4. The summed E-state index contributed by atoms with van der Waals surface area (Å²) in [5, 5.41) is 5.91. The van der Waals surface area contributed by atoms with Crippen molar-refractivity contribution in [2.75, 3.05) is 7.11 Å². The van der Waals surface area contributed by atoms with Crippen LogP contribution in [0.2, 0.25) is 5.15 Å². The largest absolute Gasteiger partial charge is 0.495 e. The van der Waals surface area contributed by atoms with E-state index in [9.17, 15) is 0 Å². The van der Waals surface area contributed by atoms with Crippen molar-refractivity contribution < 1.29 is 4.74 Å². The maximum absolute atomic E-state index is 5.99. The number of nitrogens with zero attached hydrogens (tertiary/aromatic N) is 3. The molecular weight excluding hydrogens is 306 g/mol. The molecule has 0 aliphatic heterocycles. The molecule has 21 heavy (non-hydrogen) atoms. The average Bonchev–Trinajstić information content (AvgIpc) is 3.09. The third-order valence-corrected chi connectivity index (χ3v) is 4.70. The number of halogens is 1. The minimum atomic E-state index is 0.445. The molecule has 0 saturated heterocycles. The van der Waals surface area contributed by atoms with E-state index in [2.05, 4.69) is 22.2 Å². The Kier molecular flexibility index (Phi) is 2.83. The second-order valence-corrected chi connectivity index (χ2v) is 6.00. The Hall–Kier alpha value is -2.11. The van der Waals surface area contributed by atoms with Crippen LogP contribution in [-0.4, -0.2) is 21.7 Å². The topological polar surface area (TPSA) is 39.4 Å². The molecule has 1 aromatic carbocycles. The minimum Gasteiger partial charge on any atom is -0.495 e. The first-order valence-corrected chi connectivity index (χ1v) is 7.53. The summed E-state index contributed by atoms with van der Waals surface area (Å²) in [6.45, 7) is 0. The van der Waals surface area contributed by atoms with Gasteiger partial charge in [-0.05, 0) is 29.7 Å². The lowest BCUT2D eigenvalue weighted by Crippen LogP contribution is -1.92. The van der Waals surface area contributed by atoms with E-state index in [4.69, 9.17) is 16.3 Å². The van der Waals surface area contributed by atoms with Crippen LogP contribution in [0.25, 0.3) is 26.3 Å². The van der Waals surface area contributed by atoms with Gasteiger partial charge in [0, 0.05) is 0 Å². The molecule has 0 unspecified atom stereocenters. The molecule has 0 N–H and O–H groups in total. The van der Waals surface area contributed by atoms with Crippen molar-refractivity contribution in [1.29, 1.82) is 0 Å². The van der Waals surface area contributed by atoms with Crippen molar-refractivity contribution in [3.8, 4) is 16.3 Å². The fourth-order valence-corrected chi connectivity index (χ4v) is 3.63. The molecule has 0 atom stereocenters. The fourth-order valence-electron chi connectivity index (χ4n) is 2.34. The van der Waals surface area contributed by atoms with Gasteiger partial charge >= 0.3 is 0 Å². The number of hydrogen-bond donors (Lipinski definition) is 0. The average molecular weight is 316 g/mol. The van der Waals surface area contributed by atoms with Crippen molar-refractivity contribution in [1.82, 2.24) is 14.6 Å². The van der Waals surface area contributed by atoms with Gasteiger partial charge in [0.05, 0.1) is 22.9 Å². The molecule has 0 aliphatic carbocycles. The van der Waals surface area contributed by atoms with Gasteiger partial charge in [0.1, 0.15) is 16.6 Å². The molecule has 0 spiro atoms. The zero-order valence-electron chi connectivity index (χ0n) is 11.1. The zero-order valence-corrected chi connectivity index (χ0v) is 12.6. The van der Waals surface area contributed by atoms with Crippen molar-refractivity contribution >= 4 is 38.7 Å². The predicted octanol–water partition coefficient (Wildman–Crippen LogP) is 4.27. The van der Waals surface area contributed by atoms with E-state index < -0.39 is 0 Å². The van der Waals surface area contributed by atoms with Crippen molar-refractivity contribution in [2.24, 2.45) is 0 Å². The number of hydrogen-bond acceptors (Lipinski definition) is 4. The van der Waals surface area contributed by atoms with Crippen LogP contribution in [0.3, 0.4) is 0 Å². The van der Waals surface area contributed by atoms with Gasteiger partial charge in [-0.2, -0.15) is 5.10 Å². The van der Waals surface area contributed by atoms with E-state index in [1.54, 1.807) is 29.0 Å². The van der Waals surface area contributed by atoms with E-state index in [0.717, 1.165) is 32.1 Å². The Labute approximate surface area is 129 Å². The van der Waals surface area contributed by atoms with Gasteiger partial charge in [0.2, 0.25) is 0 Å². The maximum Gasteiger partial charge on any atom is 0.154 e. The van der Waals surface area contributed by atoms with Crippen molar-refractivity contribution in [2.45, 2.75) is 0 Å². The predicted molar refractivity (Wildman–Crippen MR) is 85.4 cm³/mol. The number of thiophene rings is 1. The molecule has 0 fully saturated rings. The first-order chi connectivity index (χ1) is 10.3. The molecule has 4 rings (SSSR count). The highest BCUT2D eigenvalue weighted by Crippen LogP contribution is 2.38. The highest BCUT2D eigenvalue weighted by Gasteiger charge is 2.13. The van der Waals surface area contributed by atoms with Crippen LogP contribution >= 0.6 is 22.9 Å². The van der Waals surface area contributed by atoms with Gasteiger partial charge in [0.25, 0.3) is 0 Å². The summed E-state index contributed by atoms with van der Waals surface area (Å²) in [4.78, 5) is 5.45. The molecule has 0 radical (unpaired) electrons. The molecule has 6 heteroatoms. The van der Waals surface area contributed by atoms with Crippen molar-refractivity contribution in [3.05, 3.63) is 47.7 Å². The Morgan fingerprint density at radius 3 is 3.00 bits per heavy atom. The number of methoxy groups -OCH3 is 1. The van der Waals surface area contributed by atoms with E-state index in [-0.39, 0.29) is 0 Å². The van der Waals surface area contributed by atoms with Crippen LogP contribution in [-0.2, 0) is 0 Å². The third-order valence-electron chi connectivity index (χ3n) is 3.31. The van der Waals surface area contributed by atoms with Gasteiger partial charge in [-0.25, -0.2) is 9.50 Å². The summed E-state index contributed by atoms with van der Waals surface area (Å²) in [5.41, 5.74) is 1.70. The molecule has 104 valence electrons. The first kappa shape index (κ1) is 12.6. The van der Waals surface area contributed by atoms with Gasteiger partial charge in [-0.3, -0.25) is 0 Å². The molecule has 3 heterocycles. The normalized spacial score (nSPS) is 11.3. The summed E-state index contributed by atoms with van der Waals surface area (Å²) in [5.74, 6) is 0.878. The van der Waals surface area contributed by atoms with Gasteiger partial charge in [-0.15, -0.1) is 11.3 Å². The Morgan fingerprint density at radius 1 is 1.24 bits per heavy atom. The lowest BCUT2D eigenvalue weighted by Gasteiger charge is -1.99. The van der Waals surface area contributed by atoms with E-state index >= 15 is 0 Å². The van der Waals surface area contributed by atoms with Crippen LogP contribution in [0.5, 0.6) is 5.75 Å². The fraction of sp³-hybridized carbons (Fsp3) is 0.0667. The summed E-state index contributed by atoms with van der Waals surface area (Å²) in [7, 11) is 1.68. The third kappa shape index (κ3) is 1.97. The molecule has 0 bridgehead atoms. The monoisotopic (exact) mass is 315 g/mol. The SMILES string of the molecule is COc1cccc2cc(-c3cnc4ccc(Cl)nn34)sc12. The highest BCUT2D eigenvalue weighted by molar-refractivity contribution is 7.22. The highest BCUT2D eigenvalue weighted by atomic mass is 35.5. The van der Waals surface area contributed by atoms with Crippen LogP contribution in [0.15, 0.2) is 42.6 Å². The van der Waals surface area contributed by atoms with E-state index in [1.165, 1.54) is 0 Å². The van der Waals surface area contributed by atoms with E-state index in [0.29, 0.717) is 5.15 Å². The molecule has 0 amide bonds. The Morgan fingerprint density at radius 2 is 2.14 bits per heavy atom. The Bertz CT molecular complexity index is 960. The van der Waals surface area contributed by atoms with Crippen LogP contribution in [0.1, 0.15) is 0 Å². The molecule has 3 aromatic heterocycles. The summed E-state index contributed by atoms with van der Waals surface area (Å²) in [6.07, 6.45) is 1.82. The number of imidazole rings is 1.